The number of rotatable bonds is 6. The zero-order valence-corrected chi connectivity index (χ0v) is 11.5. The molecule has 1 aromatic heterocycles. The lowest BCUT2D eigenvalue weighted by Gasteiger charge is -2.06. The molecule has 1 heterocycles. The van der Waals surface area contributed by atoms with E-state index in [0.29, 0.717) is 12.2 Å². The van der Waals surface area contributed by atoms with E-state index in [-0.39, 0.29) is 0 Å². The average molecular weight is 267 g/mol. The number of pyridine rings is 1. The van der Waals surface area contributed by atoms with Crippen LogP contribution in [0.3, 0.4) is 0 Å². The molecule has 0 aliphatic heterocycles. The van der Waals surface area contributed by atoms with Crippen molar-refractivity contribution in [3.05, 3.63) is 59.4 Å². The van der Waals surface area contributed by atoms with Gasteiger partial charge in [-0.2, -0.15) is 5.26 Å². The summed E-state index contributed by atoms with van der Waals surface area (Å²) in [5.74, 6) is 0.871. The molecule has 0 unspecified atom stereocenters. The van der Waals surface area contributed by atoms with Crippen molar-refractivity contribution in [2.24, 2.45) is 0 Å². The molecule has 4 heteroatoms. The van der Waals surface area contributed by atoms with Gasteiger partial charge in [0.2, 0.25) is 0 Å². The van der Waals surface area contributed by atoms with Gasteiger partial charge in [0.25, 0.3) is 0 Å². The number of hydrogen-bond donors (Lipinski definition) is 1. The van der Waals surface area contributed by atoms with Crippen LogP contribution in [0.2, 0.25) is 0 Å². The van der Waals surface area contributed by atoms with Crippen LogP contribution in [0.25, 0.3) is 0 Å². The van der Waals surface area contributed by atoms with E-state index in [9.17, 15) is 0 Å². The van der Waals surface area contributed by atoms with Crippen LogP contribution in [0.1, 0.15) is 16.8 Å². The Morgan fingerprint density at radius 1 is 1.25 bits per heavy atom. The van der Waals surface area contributed by atoms with Crippen molar-refractivity contribution in [2.75, 3.05) is 13.7 Å². The number of nitrogens with zero attached hydrogens (tertiary/aromatic N) is 2. The first-order valence-corrected chi connectivity index (χ1v) is 6.51. The molecule has 2 aromatic rings. The first-order valence-electron chi connectivity index (χ1n) is 6.51. The SMILES string of the molecule is COc1ccc(CCNCc2cccnc2C#N)cc1. The summed E-state index contributed by atoms with van der Waals surface area (Å²) >= 11 is 0. The van der Waals surface area contributed by atoms with E-state index in [1.807, 2.05) is 24.3 Å². The van der Waals surface area contributed by atoms with Crippen molar-refractivity contribution in [3.63, 3.8) is 0 Å². The van der Waals surface area contributed by atoms with Crippen LogP contribution >= 0.6 is 0 Å². The summed E-state index contributed by atoms with van der Waals surface area (Å²) in [6.07, 6.45) is 2.57. The molecule has 0 radical (unpaired) electrons. The molecular weight excluding hydrogens is 250 g/mol. The van der Waals surface area contributed by atoms with E-state index in [1.54, 1.807) is 13.3 Å². The average Bonchev–Trinajstić information content (AvgIpc) is 2.52. The van der Waals surface area contributed by atoms with Crippen LogP contribution in [-0.2, 0) is 13.0 Å². The Hall–Kier alpha value is -2.38. The maximum atomic E-state index is 8.95. The number of nitriles is 1. The van der Waals surface area contributed by atoms with Gasteiger partial charge >= 0.3 is 0 Å². The predicted molar refractivity (Wildman–Crippen MR) is 77.4 cm³/mol. The molecule has 0 aliphatic rings. The quantitative estimate of drug-likeness (QED) is 0.816. The topological polar surface area (TPSA) is 57.9 Å². The van der Waals surface area contributed by atoms with E-state index in [4.69, 9.17) is 10.00 Å². The smallest absolute Gasteiger partial charge is 0.144 e. The van der Waals surface area contributed by atoms with E-state index < -0.39 is 0 Å². The fraction of sp³-hybridized carbons (Fsp3) is 0.250. The summed E-state index contributed by atoms with van der Waals surface area (Å²) in [7, 11) is 1.66. The third-order valence-corrected chi connectivity index (χ3v) is 3.06. The van der Waals surface area contributed by atoms with Gasteiger partial charge in [0, 0.05) is 18.3 Å². The molecule has 20 heavy (non-hydrogen) atoms. The Bertz CT molecular complexity index is 587. The van der Waals surface area contributed by atoms with Gasteiger partial charge in [0.15, 0.2) is 0 Å². The Morgan fingerprint density at radius 2 is 2.05 bits per heavy atom. The molecule has 0 aliphatic carbocycles. The Labute approximate surface area is 119 Å². The van der Waals surface area contributed by atoms with Gasteiger partial charge in [-0.1, -0.05) is 18.2 Å². The van der Waals surface area contributed by atoms with E-state index in [2.05, 4.69) is 28.5 Å². The summed E-state index contributed by atoms with van der Waals surface area (Å²) in [5.41, 5.74) is 2.68. The molecule has 0 saturated heterocycles. The molecule has 0 bridgehead atoms. The second-order valence-electron chi connectivity index (χ2n) is 4.40. The first-order chi connectivity index (χ1) is 9.83. The second kappa shape index (κ2) is 7.27. The van der Waals surface area contributed by atoms with Crippen molar-refractivity contribution >= 4 is 0 Å². The molecule has 4 nitrogen and oxygen atoms in total. The monoisotopic (exact) mass is 267 g/mol. The minimum Gasteiger partial charge on any atom is -0.497 e. The summed E-state index contributed by atoms with van der Waals surface area (Å²) in [6, 6.07) is 13.9. The van der Waals surface area contributed by atoms with Crippen LogP contribution in [0, 0.1) is 11.3 Å². The Morgan fingerprint density at radius 3 is 2.75 bits per heavy atom. The maximum absolute atomic E-state index is 8.95. The lowest BCUT2D eigenvalue weighted by atomic mass is 10.1. The molecule has 0 spiro atoms. The van der Waals surface area contributed by atoms with Crippen LogP contribution in [-0.4, -0.2) is 18.6 Å². The number of nitrogens with one attached hydrogen (secondary N) is 1. The molecule has 2 rings (SSSR count). The zero-order chi connectivity index (χ0) is 14.2. The molecule has 0 amide bonds. The minimum absolute atomic E-state index is 0.490. The highest BCUT2D eigenvalue weighted by molar-refractivity contribution is 5.30. The van der Waals surface area contributed by atoms with Crippen molar-refractivity contribution in [1.82, 2.24) is 10.3 Å². The number of ether oxygens (including phenoxy) is 1. The fourth-order valence-electron chi connectivity index (χ4n) is 1.93. The van der Waals surface area contributed by atoms with E-state index in [0.717, 1.165) is 24.3 Å². The van der Waals surface area contributed by atoms with Crippen LogP contribution in [0.15, 0.2) is 42.6 Å². The molecule has 0 atom stereocenters. The van der Waals surface area contributed by atoms with Gasteiger partial charge in [-0.05, 0) is 36.7 Å². The molecule has 102 valence electrons. The lowest BCUT2D eigenvalue weighted by molar-refractivity contribution is 0.414. The number of hydrogen-bond acceptors (Lipinski definition) is 4. The summed E-state index contributed by atoms with van der Waals surface area (Å²) in [5, 5.41) is 12.3. The third kappa shape index (κ3) is 3.81. The van der Waals surface area contributed by atoms with Gasteiger partial charge in [-0.15, -0.1) is 0 Å². The highest BCUT2D eigenvalue weighted by Gasteiger charge is 2.01. The lowest BCUT2D eigenvalue weighted by Crippen LogP contribution is -2.17. The second-order valence-corrected chi connectivity index (χ2v) is 4.40. The molecule has 0 fully saturated rings. The maximum Gasteiger partial charge on any atom is 0.144 e. The summed E-state index contributed by atoms with van der Waals surface area (Å²) in [6.45, 7) is 1.51. The number of aromatic nitrogens is 1. The molecule has 1 N–H and O–H groups in total. The largest absolute Gasteiger partial charge is 0.497 e. The predicted octanol–water partition coefficient (Wildman–Crippen LogP) is 2.29. The van der Waals surface area contributed by atoms with Crippen molar-refractivity contribution in [3.8, 4) is 11.8 Å². The highest BCUT2D eigenvalue weighted by Crippen LogP contribution is 2.11. The highest BCUT2D eigenvalue weighted by atomic mass is 16.5. The van der Waals surface area contributed by atoms with Gasteiger partial charge < -0.3 is 10.1 Å². The standard InChI is InChI=1S/C16H17N3O/c1-20-15-6-4-13(5-7-15)8-10-18-12-14-3-2-9-19-16(14)11-17/h2-7,9,18H,8,10,12H2,1H3. The van der Waals surface area contributed by atoms with Crippen molar-refractivity contribution < 1.29 is 4.74 Å². The summed E-state index contributed by atoms with van der Waals surface area (Å²) < 4.78 is 5.12. The third-order valence-electron chi connectivity index (χ3n) is 3.06. The summed E-state index contributed by atoms with van der Waals surface area (Å²) in [4.78, 5) is 4.04. The zero-order valence-electron chi connectivity index (χ0n) is 11.5. The van der Waals surface area contributed by atoms with Gasteiger partial charge in [0.1, 0.15) is 17.5 Å². The van der Waals surface area contributed by atoms with E-state index in [1.165, 1.54) is 5.56 Å². The normalized spacial score (nSPS) is 10.0. The van der Waals surface area contributed by atoms with Crippen molar-refractivity contribution in [2.45, 2.75) is 13.0 Å². The molecule has 0 saturated carbocycles. The van der Waals surface area contributed by atoms with Gasteiger partial charge in [-0.25, -0.2) is 4.98 Å². The van der Waals surface area contributed by atoms with Gasteiger partial charge in [-0.3, -0.25) is 0 Å². The van der Waals surface area contributed by atoms with E-state index >= 15 is 0 Å². The first kappa shape index (κ1) is 14.0. The fourth-order valence-corrected chi connectivity index (χ4v) is 1.93. The number of benzene rings is 1. The molecular formula is C16H17N3O. The van der Waals surface area contributed by atoms with Gasteiger partial charge in [0.05, 0.1) is 7.11 Å². The Kier molecular flexibility index (Phi) is 5.10. The van der Waals surface area contributed by atoms with Crippen LogP contribution in [0.5, 0.6) is 5.75 Å². The van der Waals surface area contributed by atoms with Crippen molar-refractivity contribution in [1.29, 1.82) is 5.26 Å². The van der Waals surface area contributed by atoms with Crippen LogP contribution < -0.4 is 10.1 Å². The van der Waals surface area contributed by atoms with Crippen LogP contribution in [0.4, 0.5) is 0 Å². The molecule has 1 aromatic carbocycles. The minimum atomic E-state index is 0.490. The Balaban J connectivity index is 1.80. The number of methoxy groups -OCH3 is 1.